The van der Waals surface area contributed by atoms with Crippen LogP contribution in [0.1, 0.15) is 35.6 Å². The Morgan fingerprint density at radius 2 is 1.84 bits per heavy atom. The van der Waals surface area contributed by atoms with Crippen molar-refractivity contribution in [1.82, 2.24) is 24.7 Å². The van der Waals surface area contributed by atoms with Crippen molar-refractivity contribution >= 4 is 11.5 Å². The lowest BCUT2D eigenvalue weighted by Crippen LogP contribution is -2.11. The van der Waals surface area contributed by atoms with Gasteiger partial charge in [0.1, 0.15) is 23.1 Å². The van der Waals surface area contributed by atoms with Crippen LogP contribution in [-0.4, -0.2) is 38.5 Å². The van der Waals surface area contributed by atoms with Gasteiger partial charge in [-0.25, -0.2) is 18.7 Å². The van der Waals surface area contributed by atoms with Crippen LogP contribution in [0, 0.1) is 18.6 Å². The minimum Gasteiger partial charge on any atom is -0.491 e. The number of nitrogens with one attached hydrogen (secondary N) is 1. The van der Waals surface area contributed by atoms with Crippen LogP contribution >= 0.6 is 0 Å². The van der Waals surface area contributed by atoms with Crippen molar-refractivity contribution in [2.75, 3.05) is 12.4 Å². The zero-order chi connectivity index (χ0) is 26.1. The first-order chi connectivity index (χ1) is 17.8. The first-order valence-electron chi connectivity index (χ1n) is 11.4. The SMILES string of the molecule is COc1cnc(-c2nn(Cc3c(F)cc(OC(F)F)cc3F)c(C3CC3)c2C)nc1Nc1ccncc1. The molecule has 1 N–H and O–H groups in total. The number of anilines is 2. The maximum atomic E-state index is 14.7. The second kappa shape index (κ2) is 10.0. The van der Waals surface area contributed by atoms with Gasteiger partial charge in [0.05, 0.1) is 19.9 Å². The number of halogens is 4. The van der Waals surface area contributed by atoms with Gasteiger partial charge < -0.3 is 14.8 Å². The van der Waals surface area contributed by atoms with E-state index in [9.17, 15) is 17.6 Å². The standard InChI is InChI=1S/C25H22F4N6O2/c1-13-21(24-31-11-20(36-2)23(33-24)32-15-5-7-30-8-6-15)34-35(22(13)14-3-4-14)12-17-18(26)9-16(10-19(17)27)37-25(28)29/h5-11,14,25H,3-4,12H2,1-2H3,(H,30,31,32,33). The Morgan fingerprint density at radius 3 is 2.46 bits per heavy atom. The van der Waals surface area contributed by atoms with Crippen LogP contribution in [0.5, 0.6) is 11.5 Å². The summed E-state index contributed by atoms with van der Waals surface area (Å²) in [4.78, 5) is 13.0. The van der Waals surface area contributed by atoms with Crippen molar-refractivity contribution in [3.63, 3.8) is 0 Å². The zero-order valence-electron chi connectivity index (χ0n) is 19.9. The topological polar surface area (TPSA) is 87.0 Å². The normalized spacial score (nSPS) is 13.2. The van der Waals surface area contributed by atoms with Gasteiger partial charge in [0, 0.05) is 53.0 Å². The Hall–Kier alpha value is -4.22. The van der Waals surface area contributed by atoms with E-state index < -0.39 is 24.0 Å². The highest BCUT2D eigenvalue weighted by Crippen LogP contribution is 2.44. The van der Waals surface area contributed by atoms with Crippen LogP contribution in [-0.2, 0) is 6.54 Å². The zero-order valence-corrected chi connectivity index (χ0v) is 19.9. The van der Waals surface area contributed by atoms with Gasteiger partial charge in [0.15, 0.2) is 17.4 Å². The number of hydrogen-bond acceptors (Lipinski definition) is 7. The smallest absolute Gasteiger partial charge is 0.387 e. The second-order valence-corrected chi connectivity index (χ2v) is 8.51. The van der Waals surface area contributed by atoms with Crippen LogP contribution in [0.4, 0.5) is 29.1 Å². The van der Waals surface area contributed by atoms with E-state index in [0.29, 0.717) is 23.1 Å². The molecule has 0 amide bonds. The lowest BCUT2D eigenvalue weighted by molar-refractivity contribution is -0.0501. The molecule has 0 aliphatic heterocycles. The number of nitrogens with zero attached hydrogens (tertiary/aromatic N) is 5. The molecular weight excluding hydrogens is 492 g/mol. The lowest BCUT2D eigenvalue weighted by atomic mass is 10.1. The predicted octanol–water partition coefficient (Wildman–Crippen LogP) is 5.60. The molecule has 0 spiro atoms. The van der Waals surface area contributed by atoms with Gasteiger partial charge in [-0.15, -0.1) is 0 Å². The summed E-state index contributed by atoms with van der Waals surface area (Å²) in [5.41, 5.74) is 2.50. The minimum atomic E-state index is -3.19. The largest absolute Gasteiger partial charge is 0.491 e. The molecule has 0 unspecified atom stereocenters. The van der Waals surface area contributed by atoms with E-state index >= 15 is 0 Å². The molecule has 4 aromatic rings. The fourth-order valence-electron chi connectivity index (χ4n) is 4.12. The maximum Gasteiger partial charge on any atom is 0.387 e. The molecule has 3 heterocycles. The minimum absolute atomic E-state index is 0.182. The van der Waals surface area contributed by atoms with Crippen LogP contribution in [0.25, 0.3) is 11.5 Å². The summed E-state index contributed by atoms with van der Waals surface area (Å²) in [6, 6.07) is 5.02. The highest BCUT2D eigenvalue weighted by molar-refractivity contribution is 5.66. The molecule has 1 aliphatic carbocycles. The number of alkyl halides is 2. The molecular formula is C25H22F4N6O2. The number of pyridine rings is 1. The first kappa shape index (κ1) is 24.5. The summed E-state index contributed by atoms with van der Waals surface area (Å²) in [5.74, 6) is -1.29. The van der Waals surface area contributed by atoms with Crippen molar-refractivity contribution in [2.24, 2.45) is 0 Å². The van der Waals surface area contributed by atoms with E-state index in [1.807, 2.05) is 6.92 Å². The lowest BCUT2D eigenvalue weighted by Gasteiger charge is -2.11. The van der Waals surface area contributed by atoms with Gasteiger partial charge in [-0.05, 0) is 31.9 Å². The van der Waals surface area contributed by atoms with Crippen LogP contribution in [0.2, 0.25) is 0 Å². The molecule has 192 valence electrons. The summed E-state index contributed by atoms with van der Waals surface area (Å²) < 4.78 is 65.4. The van der Waals surface area contributed by atoms with Gasteiger partial charge >= 0.3 is 6.61 Å². The molecule has 1 fully saturated rings. The number of aromatic nitrogens is 5. The Bertz CT molecular complexity index is 1400. The van der Waals surface area contributed by atoms with Crippen molar-refractivity contribution in [3.8, 4) is 23.0 Å². The van der Waals surface area contributed by atoms with Crippen molar-refractivity contribution in [1.29, 1.82) is 0 Å². The third-order valence-corrected chi connectivity index (χ3v) is 5.98. The molecule has 0 atom stereocenters. The van der Waals surface area contributed by atoms with E-state index in [0.717, 1.165) is 41.9 Å². The van der Waals surface area contributed by atoms with Crippen molar-refractivity contribution in [3.05, 3.63) is 71.3 Å². The van der Waals surface area contributed by atoms with Crippen LogP contribution in [0.3, 0.4) is 0 Å². The molecule has 12 heteroatoms. The summed E-state index contributed by atoms with van der Waals surface area (Å²) >= 11 is 0. The Balaban J connectivity index is 1.52. The van der Waals surface area contributed by atoms with Crippen molar-refractivity contribution in [2.45, 2.75) is 38.8 Å². The summed E-state index contributed by atoms with van der Waals surface area (Å²) in [6.45, 7) is -1.57. The van der Waals surface area contributed by atoms with Gasteiger partial charge in [-0.3, -0.25) is 9.67 Å². The average molecular weight is 514 g/mol. The van der Waals surface area contributed by atoms with Gasteiger partial charge in [-0.2, -0.15) is 13.9 Å². The van der Waals surface area contributed by atoms with Crippen LogP contribution < -0.4 is 14.8 Å². The third kappa shape index (κ3) is 5.18. The van der Waals surface area contributed by atoms with E-state index in [1.165, 1.54) is 18.0 Å². The Morgan fingerprint density at radius 1 is 1.14 bits per heavy atom. The molecule has 5 rings (SSSR count). The van der Waals surface area contributed by atoms with E-state index in [4.69, 9.17) is 4.74 Å². The quantitative estimate of drug-likeness (QED) is 0.291. The fraction of sp³-hybridized carbons (Fsp3) is 0.280. The van der Waals surface area contributed by atoms with E-state index in [2.05, 4.69) is 30.1 Å². The number of ether oxygens (including phenoxy) is 2. The summed E-state index contributed by atoms with van der Waals surface area (Å²) in [7, 11) is 1.50. The molecule has 0 radical (unpaired) electrons. The molecule has 1 aromatic carbocycles. The Kier molecular flexibility index (Phi) is 6.64. The van der Waals surface area contributed by atoms with E-state index in [1.54, 1.807) is 24.5 Å². The maximum absolute atomic E-state index is 14.7. The third-order valence-electron chi connectivity index (χ3n) is 5.98. The van der Waals surface area contributed by atoms with E-state index in [-0.39, 0.29) is 18.0 Å². The number of benzene rings is 1. The molecule has 0 saturated heterocycles. The number of methoxy groups -OCH3 is 1. The second-order valence-electron chi connectivity index (χ2n) is 8.51. The van der Waals surface area contributed by atoms with Crippen molar-refractivity contribution < 1.29 is 27.0 Å². The molecule has 1 saturated carbocycles. The molecule has 3 aromatic heterocycles. The average Bonchev–Trinajstić information content (AvgIpc) is 3.64. The highest BCUT2D eigenvalue weighted by atomic mass is 19.3. The first-order valence-corrected chi connectivity index (χ1v) is 11.4. The molecule has 0 bridgehead atoms. The Labute approximate surface area is 209 Å². The summed E-state index contributed by atoms with van der Waals surface area (Å²) in [6.07, 6.45) is 6.61. The predicted molar refractivity (Wildman–Crippen MR) is 126 cm³/mol. The van der Waals surface area contributed by atoms with Crippen LogP contribution in [0.15, 0.2) is 42.9 Å². The van der Waals surface area contributed by atoms with Gasteiger partial charge in [0.25, 0.3) is 0 Å². The fourth-order valence-corrected chi connectivity index (χ4v) is 4.12. The number of hydrogen-bond donors (Lipinski definition) is 1. The molecule has 1 aliphatic rings. The van der Waals surface area contributed by atoms with Gasteiger partial charge in [0.2, 0.25) is 0 Å². The molecule has 37 heavy (non-hydrogen) atoms. The highest BCUT2D eigenvalue weighted by Gasteiger charge is 2.32. The number of rotatable bonds is 9. The summed E-state index contributed by atoms with van der Waals surface area (Å²) in [5, 5.41) is 7.79. The monoisotopic (exact) mass is 514 g/mol. The molecule has 8 nitrogen and oxygen atoms in total. The van der Waals surface area contributed by atoms with Gasteiger partial charge in [-0.1, -0.05) is 0 Å².